The molecule has 0 spiro atoms. The predicted molar refractivity (Wildman–Crippen MR) is 75.7 cm³/mol. The van der Waals surface area contributed by atoms with E-state index >= 15 is 0 Å². The van der Waals surface area contributed by atoms with E-state index in [1.54, 1.807) is 18.3 Å². The molecule has 0 aliphatic rings. The molecule has 1 unspecified atom stereocenters. The molecule has 0 fully saturated rings. The standard InChI is InChI=1S/C14H21NO3S/c1-5-18-13(17)11(14(2,3)4)12(16)15-8-10-6-7-19-9-10/h6-7,9,11H,5,8H2,1-4H3,(H,15,16). The van der Waals surface area contributed by atoms with E-state index < -0.39 is 17.3 Å². The molecule has 1 atom stereocenters. The highest BCUT2D eigenvalue weighted by Gasteiger charge is 2.38. The molecule has 4 nitrogen and oxygen atoms in total. The Bertz CT molecular complexity index is 420. The second kappa shape index (κ2) is 6.70. The fourth-order valence-electron chi connectivity index (χ4n) is 1.76. The minimum Gasteiger partial charge on any atom is -0.465 e. The Hall–Kier alpha value is -1.36. The molecule has 1 rings (SSSR count). The van der Waals surface area contributed by atoms with Gasteiger partial charge in [0.1, 0.15) is 5.92 Å². The number of ether oxygens (including phenoxy) is 1. The first kappa shape index (κ1) is 15.7. The van der Waals surface area contributed by atoms with E-state index in [2.05, 4.69) is 5.32 Å². The van der Waals surface area contributed by atoms with Gasteiger partial charge in [-0.15, -0.1) is 0 Å². The van der Waals surface area contributed by atoms with Gasteiger partial charge in [-0.1, -0.05) is 20.8 Å². The average molecular weight is 283 g/mol. The van der Waals surface area contributed by atoms with Crippen LogP contribution in [-0.2, 0) is 20.9 Å². The predicted octanol–water partition coefficient (Wildman–Crippen LogP) is 2.59. The molecular weight excluding hydrogens is 262 g/mol. The molecule has 1 heterocycles. The number of thiophene rings is 1. The molecule has 5 heteroatoms. The van der Waals surface area contributed by atoms with Crippen LogP contribution in [0, 0.1) is 11.3 Å². The van der Waals surface area contributed by atoms with Gasteiger partial charge in [-0.25, -0.2) is 0 Å². The van der Waals surface area contributed by atoms with Crippen LogP contribution in [0.2, 0.25) is 0 Å². The first-order chi connectivity index (χ1) is 8.86. The number of hydrogen-bond donors (Lipinski definition) is 1. The molecule has 0 aliphatic carbocycles. The van der Waals surface area contributed by atoms with Crippen molar-refractivity contribution in [2.24, 2.45) is 11.3 Å². The molecule has 106 valence electrons. The molecule has 0 aliphatic heterocycles. The second-order valence-electron chi connectivity index (χ2n) is 5.40. The van der Waals surface area contributed by atoms with Crippen LogP contribution in [-0.4, -0.2) is 18.5 Å². The first-order valence-corrected chi connectivity index (χ1v) is 7.26. The molecule has 19 heavy (non-hydrogen) atoms. The molecule has 0 radical (unpaired) electrons. The Kier molecular flexibility index (Phi) is 5.54. The molecule has 1 amide bonds. The smallest absolute Gasteiger partial charge is 0.319 e. The minimum absolute atomic E-state index is 0.280. The van der Waals surface area contributed by atoms with Crippen molar-refractivity contribution >= 4 is 23.2 Å². The summed E-state index contributed by atoms with van der Waals surface area (Å²) in [5, 5.41) is 6.72. The maximum absolute atomic E-state index is 12.2. The summed E-state index contributed by atoms with van der Waals surface area (Å²) in [6, 6.07) is 1.95. The van der Waals surface area contributed by atoms with Crippen LogP contribution in [0.3, 0.4) is 0 Å². The van der Waals surface area contributed by atoms with Gasteiger partial charge in [-0.3, -0.25) is 9.59 Å². The largest absolute Gasteiger partial charge is 0.465 e. The number of esters is 1. The third kappa shape index (κ3) is 4.67. The Balaban J connectivity index is 2.69. The van der Waals surface area contributed by atoms with E-state index in [0.717, 1.165) is 5.56 Å². The Morgan fingerprint density at radius 3 is 2.58 bits per heavy atom. The lowest BCUT2D eigenvalue weighted by atomic mass is 9.80. The number of carbonyl (C=O) groups is 2. The molecule has 1 aromatic rings. The Morgan fingerprint density at radius 1 is 1.42 bits per heavy atom. The lowest BCUT2D eigenvalue weighted by Gasteiger charge is -2.27. The topological polar surface area (TPSA) is 55.4 Å². The first-order valence-electron chi connectivity index (χ1n) is 6.31. The SMILES string of the molecule is CCOC(=O)C(C(=O)NCc1ccsc1)C(C)(C)C. The van der Waals surface area contributed by atoms with Gasteiger partial charge in [0, 0.05) is 6.54 Å². The van der Waals surface area contributed by atoms with Gasteiger partial charge in [0.15, 0.2) is 0 Å². The molecule has 0 bridgehead atoms. The van der Waals surface area contributed by atoms with E-state index in [9.17, 15) is 9.59 Å². The lowest BCUT2D eigenvalue weighted by molar-refractivity contribution is -0.156. The van der Waals surface area contributed by atoms with Crippen molar-refractivity contribution in [3.63, 3.8) is 0 Å². The van der Waals surface area contributed by atoms with Crippen molar-refractivity contribution in [1.29, 1.82) is 0 Å². The lowest BCUT2D eigenvalue weighted by Crippen LogP contribution is -2.43. The third-order valence-corrected chi connectivity index (χ3v) is 3.43. The summed E-state index contributed by atoms with van der Waals surface area (Å²) in [4.78, 5) is 24.1. The van der Waals surface area contributed by atoms with Crippen LogP contribution in [0.25, 0.3) is 0 Å². The van der Waals surface area contributed by atoms with Crippen molar-refractivity contribution < 1.29 is 14.3 Å². The van der Waals surface area contributed by atoms with Crippen molar-refractivity contribution in [1.82, 2.24) is 5.32 Å². The number of amides is 1. The number of nitrogens with one attached hydrogen (secondary N) is 1. The summed E-state index contributed by atoms with van der Waals surface area (Å²) in [7, 11) is 0. The fraction of sp³-hybridized carbons (Fsp3) is 0.571. The Morgan fingerprint density at radius 2 is 2.11 bits per heavy atom. The van der Waals surface area contributed by atoms with E-state index in [1.165, 1.54) is 0 Å². The quantitative estimate of drug-likeness (QED) is 0.667. The third-order valence-electron chi connectivity index (χ3n) is 2.70. The van der Waals surface area contributed by atoms with Crippen LogP contribution in [0.15, 0.2) is 16.8 Å². The maximum Gasteiger partial charge on any atom is 0.319 e. The Labute approximate surface area is 118 Å². The molecule has 0 aromatic carbocycles. The van der Waals surface area contributed by atoms with E-state index in [0.29, 0.717) is 6.54 Å². The van der Waals surface area contributed by atoms with Crippen LogP contribution >= 0.6 is 11.3 Å². The minimum atomic E-state index is -0.786. The van der Waals surface area contributed by atoms with Gasteiger partial charge in [-0.05, 0) is 34.7 Å². The zero-order valence-electron chi connectivity index (χ0n) is 11.9. The van der Waals surface area contributed by atoms with Crippen LogP contribution in [0.4, 0.5) is 0 Å². The van der Waals surface area contributed by atoms with Gasteiger partial charge in [0.25, 0.3) is 0 Å². The highest BCUT2D eigenvalue weighted by atomic mass is 32.1. The summed E-state index contributed by atoms with van der Waals surface area (Å²) in [5.41, 5.74) is 0.570. The number of hydrogen-bond acceptors (Lipinski definition) is 4. The fourth-order valence-corrected chi connectivity index (χ4v) is 2.43. The van der Waals surface area contributed by atoms with E-state index in [4.69, 9.17) is 4.74 Å². The highest BCUT2D eigenvalue weighted by molar-refractivity contribution is 7.07. The summed E-state index contributed by atoms with van der Waals surface area (Å²) in [6.45, 7) is 8.04. The van der Waals surface area contributed by atoms with E-state index in [-0.39, 0.29) is 12.5 Å². The second-order valence-corrected chi connectivity index (χ2v) is 6.18. The molecular formula is C14H21NO3S. The summed E-state index contributed by atoms with van der Waals surface area (Å²) >= 11 is 1.58. The highest BCUT2D eigenvalue weighted by Crippen LogP contribution is 2.27. The van der Waals surface area contributed by atoms with Gasteiger partial charge < -0.3 is 10.1 Å². The van der Waals surface area contributed by atoms with Crippen LogP contribution < -0.4 is 5.32 Å². The van der Waals surface area contributed by atoms with Crippen molar-refractivity contribution in [2.45, 2.75) is 34.2 Å². The van der Waals surface area contributed by atoms with Gasteiger partial charge in [0.05, 0.1) is 6.61 Å². The maximum atomic E-state index is 12.2. The molecule has 1 aromatic heterocycles. The van der Waals surface area contributed by atoms with Crippen LogP contribution in [0.1, 0.15) is 33.3 Å². The molecule has 0 saturated carbocycles. The summed E-state index contributed by atoms with van der Waals surface area (Å²) in [5.74, 6) is -1.53. The van der Waals surface area contributed by atoms with Crippen molar-refractivity contribution in [3.8, 4) is 0 Å². The van der Waals surface area contributed by atoms with Gasteiger partial charge in [0.2, 0.25) is 5.91 Å². The monoisotopic (exact) mass is 283 g/mol. The molecule has 0 saturated heterocycles. The number of carbonyl (C=O) groups excluding carboxylic acids is 2. The normalized spacial score (nSPS) is 12.8. The zero-order chi connectivity index (χ0) is 14.5. The number of rotatable bonds is 5. The average Bonchev–Trinajstić information content (AvgIpc) is 2.77. The van der Waals surface area contributed by atoms with Crippen molar-refractivity contribution in [2.75, 3.05) is 6.61 Å². The van der Waals surface area contributed by atoms with Gasteiger partial charge in [-0.2, -0.15) is 11.3 Å². The van der Waals surface area contributed by atoms with Crippen molar-refractivity contribution in [3.05, 3.63) is 22.4 Å². The van der Waals surface area contributed by atoms with E-state index in [1.807, 2.05) is 37.6 Å². The zero-order valence-corrected chi connectivity index (χ0v) is 12.7. The molecule has 1 N–H and O–H groups in total. The summed E-state index contributed by atoms with van der Waals surface area (Å²) in [6.07, 6.45) is 0. The van der Waals surface area contributed by atoms with Gasteiger partial charge >= 0.3 is 5.97 Å². The van der Waals surface area contributed by atoms with Crippen LogP contribution in [0.5, 0.6) is 0 Å². The summed E-state index contributed by atoms with van der Waals surface area (Å²) < 4.78 is 4.99.